The van der Waals surface area contributed by atoms with Gasteiger partial charge in [-0.15, -0.1) is 0 Å². The summed E-state index contributed by atoms with van der Waals surface area (Å²) in [6, 6.07) is 0.0820. The van der Waals surface area contributed by atoms with Crippen molar-refractivity contribution in [2.75, 3.05) is 13.1 Å². The summed E-state index contributed by atoms with van der Waals surface area (Å²) in [5, 5.41) is 3.60. The van der Waals surface area contributed by atoms with Gasteiger partial charge < -0.3 is 9.47 Å². The first kappa shape index (κ1) is 13.0. The molecule has 1 aliphatic heterocycles. The number of carbonyl (C=O) groups excluding carboxylic acids is 1. The number of amides is 1. The molecule has 106 valence electrons. The molecule has 1 amide bonds. The van der Waals surface area contributed by atoms with E-state index < -0.39 is 0 Å². The largest absolute Gasteiger partial charge is 0.336 e. The van der Waals surface area contributed by atoms with Crippen LogP contribution in [0, 0.1) is 11.8 Å². The van der Waals surface area contributed by atoms with Crippen LogP contribution in [0.4, 0.5) is 0 Å². The average molecular weight is 274 g/mol. The van der Waals surface area contributed by atoms with Gasteiger partial charge in [-0.3, -0.25) is 4.79 Å². The standard InChI is InChI=1S/C13H18N6O/c1-18-5-4-15-13(18)12(10-2-3-10)19-8-9(6-11(19)20)7-16-17-14/h4-5,9-10,12H,2-3,6-8H2,1H3. The maximum absolute atomic E-state index is 12.3. The Kier molecular flexibility index (Phi) is 3.36. The third-order valence-corrected chi connectivity index (χ3v) is 4.17. The Balaban J connectivity index is 1.80. The molecule has 3 rings (SSSR count). The average Bonchev–Trinajstić information content (AvgIpc) is 3.08. The molecule has 0 spiro atoms. The van der Waals surface area contributed by atoms with Gasteiger partial charge in [-0.2, -0.15) is 0 Å². The highest BCUT2D eigenvalue weighted by atomic mass is 16.2. The van der Waals surface area contributed by atoms with Crippen LogP contribution in [0.1, 0.15) is 31.1 Å². The zero-order valence-electron chi connectivity index (χ0n) is 11.5. The van der Waals surface area contributed by atoms with Crippen molar-refractivity contribution in [3.8, 4) is 0 Å². The maximum Gasteiger partial charge on any atom is 0.223 e. The van der Waals surface area contributed by atoms with E-state index in [-0.39, 0.29) is 17.9 Å². The molecule has 2 unspecified atom stereocenters. The van der Waals surface area contributed by atoms with Gasteiger partial charge in [0.1, 0.15) is 5.82 Å². The molecule has 2 aliphatic rings. The van der Waals surface area contributed by atoms with Crippen LogP contribution in [0.2, 0.25) is 0 Å². The van der Waals surface area contributed by atoms with Crippen molar-refractivity contribution in [1.29, 1.82) is 0 Å². The van der Waals surface area contributed by atoms with Crippen molar-refractivity contribution in [1.82, 2.24) is 14.5 Å². The normalized spacial score (nSPS) is 23.8. The molecule has 0 radical (unpaired) electrons. The summed E-state index contributed by atoms with van der Waals surface area (Å²) < 4.78 is 2.00. The third kappa shape index (κ3) is 2.36. The van der Waals surface area contributed by atoms with E-state index in [4.69, 9.17) is 5.53 Å². The van der Waals surface area contributed by atoms with E-state index in [9.17, 15) is 4.79 Å². The van der Waals surface area contributed by atoms with Crippen LogP contribution in [0.3, 0.4) is 0 Å². The molecule has 1 aromatic heterocycles. The lowest BCUT2D eigenvalue weighted by Crippen LogP contribution is -2.33. The number of hydrogen-bond donors (Lipinski definition) is 0. The number of aryl methyl sites for hydroxylation is 1. The summed E-state index contributed by atoms with van der Waals surface area (Å²) >= 11 is 0. The molecule has 1 aromatic rings. The van der Waals surface area contributed by atoms with Crippen molar-refractivity contribution in [3.05, 3.63) is 28.7 Å². The number of hydrogen-bond acceptors (Lipinski definition) is 3. The van der Waals surface area contributed by atoms with Gasteiger partial charge >= 0.3 is 0 Å². The van der Waals surface area contributed by atoms with E-state index in [0.717, 1.165) is 18.7 Å². The van der Waals surface area contributed by atoms with E-state index in [1.807, 2.05) is 22.7 Å². The highest BCUT2D eigenvalue weighted by Gasteiger charge is 2.44. The molecule has 2 atom stereocenters. The number of rotatable bonds is 5. The van der Waals surface area contributed by atoms with Gasteiger partial charge in [-0.25, -0.2) is 4.98 Å². The molecule has 7 heteroatoms. The summed E-state index contributed by atoms with van der Waals surface area (Å²) in [4.78, 5) is 21.4. The molecule has 2 heterocycles. The second kappa shape index (κ2) is 5.17. The quantitative estimate of drug-likeness (QED) is 0.467. The predicted molar refractivity (Wildman–Crippen MR) is 72.5 cm³/mol. The number of imidazole rings is 1. The second-order valence-corrected chi connectivity index (χ2v) is 5.71. The van der Waals surface area contributed by atoms with Crippen molar-refractivity contribution in [2.24, 2.45) is 24.0 Å². The summed E-state index contributed by atoms with van der Waals surface area (Å²) in [6.45, 7) is 1.07. The Bertz CT molecular complexity index is 557. The number of azide groups is 1. The number of nitrogens with zero attached hydrogens (tertiary/aromatic N) is 6. The van der Waals surface area contributed by atoms with E-state index in [2.05, 4.69) is 15.0 Å². The molecule has 20 heavy (non-hydrogen) atoms. The van der Waals surface area contributed by atoms with Crippen LogP contribution in [0.25, 0.3) is 10.4 Å². The molecular formula is C13H18N6O. The predicted octanol–water partition coefficient (Wildman–Crippen LogP) is 2.03. The summed E-state index contributed by atoms with van der Waals surface area (Å²) in [5.41, 5.74) is 8.40. The zero-order valence-corrected chi connectivity index (χ0v) is 11.5. The van der Waals surface area contributed by atoms with Crippen molar-refractivity contribution >= 4 is 5.91 Å². The topological polar surface area (TPSA) is 86.9 Å². The Morgan fingerprint density at radius 3 is 3.00 bits per heavy atom. The van der Waals surface area contributed by atoms with Gasteiger partial charge in [0.2, 0.25) is 5.91 Å². The van der Waals surface area contributed by atoms with Gasteiger partial charge in [-0.1, -0.05) is 5.11 Å². The summed E-state index contributed by atoms with van der Waals surface area (Å²) in [5.74, 6) is 1.78. The third-order valence-electron chi connectivity index (χ3n) is 4.17. The SMILES string of the molecule is Cn1ccnc1C(C1CC1)N1CC(CN=[N+]=[N-])CC1=O. The fourth-order valence-corrected chi connectivity index (χ4v) is 3.03. The van der Waals surface area contributed by atoms with Gasteiger partial charge in [-0.05, 0) is 30.2 Å². The van der Waals surface area contributed by atoms with Crippen LogP contribution >= 0.6 is 0 Å². The molecule has 0 N–H and O–H groups in total. The minimum atomic E-state index is 0.0820. The monoisotopic (exact) mass is 274 g/mol. The lowest BCUT2D eigenvalue weighted by molar-refractivity contribution is -0.130. The fraction of sp³-hybridized carbons (Fsp3) is 0.692. The van der Waals surface area contributed by atoms with Crippen molar-refractivity contribution < 1.29 is 4.79 Å². The van der Waals surface area contributed by atoms with Crippen LogP contribution < -0.4 is 0 Å². The van der Waals surface area contributed by atoms with Gasteiger partial charge in [0.25, 0.3) is 0 Å². The second-order valence-electron chi connectivity index (χ2n) is 5.71. The van der Waals surface area contributed by atoms with Crippen LogP contribution in [-0.4, -0.2) is 33.4 Å². The number of aromatic nitrogens is 2. The number of likely N-dealkylation sites (tertiary alicyclic amines) is 1. The molecular weight excluding hydrogens is 256 g/mol. The van der Waals surface area contributed by atoms with Gasteiger partial charge in [0.05, 0.1) is 6.04 Å². The van der Waals surface area contributed by atoms with E-state index in [1.165, 1.54) is 0 Å². The fourth-order valence-electron chi connectivity index (χ4n) is 3.03. The highest BCUT2D eigenvalue weighted by molar-refractivity contribution is 5.79. The molecule has 1 aliphatic carbocycles. The van der Waals surface area contributed by atoms with Crippen LogP contribution in [0.5, 0.6) is 0 Å². The minimum absolute atomic E-state index is 0.0820. The van der Waals surface area contributed by atoms with Crippen molar-refractivity contribution in [3.63, 3.8) is 0 Å². The van der Waals surface area contributed by atoms with Crippen molar-refractivity contribution in [2.45, 2.75) is 25.3 Å². The lowest BCUT2D eigenvalue weighted by atomic mass is 10.1. The highest BCUT2D eigenvalue weighted by Crippen LogP contribution is 2.45. The first-order chi connectivity index (χ1) is 9.70. The Labute approximate surface area is 117 Å². The molecule has 0 bridgehead atoms. The van der Waals surface area contributed by atoms with Gasteiger partial charge in [0.15, 0.2) is 0 Å². The molecule has 7 nitrogen and oxygen atoms in total. The van der Waals surface area contributed by atoms with E-state index in [0.29, 0.717) is 25.4 Å². The van der Waals surface area contributed by atoms with Crippen LogP contribution in [0.15, 0.2) is 17.5 Å². The molecule has 1 saturated carbocycles. The van der Waals surface area contributed by atoms with Gasteiger partial charge in [0, 0.05) is 43.9 Å². The van der Waals surface area contributed by atoms with Crippen LogP contribution in [-0.2, 0) is 11.8 Å². The van der Waals surface area contributed by atoms with E-state index >= 15 is 0 Å². The molecule has 2 fully saturated rings. The summed E-state index contributed by atoms with van der Waals surface area (Å²) in [6.07, 6.45) is 6.49. The Hall–Kier alpha value is -2.01. The zero-order chi connectivity index (χ0) is 14.1. The first-order valence-corrected chi connectivity index (χ1v) is 6.98. The maximum atomic E-state index is 12.3. The Morgan fingerprint density at radius 2 is 2.40 bits per heavy atom. The summed E-state index contributed by atoms with van der Waals surface area (Å²) in [7, 11) is 1.97. The number of carbonyl (C=O) groups is 1. The lowest BCUT2D eigenvalue weighted by Gasteiger charge is -2.27. The minimum Gasteiger partial charge on any atom is -0.336 e. The molecule has 0 aromatic carbocycles. The smallest absolute Gasteiger partial charge is 0.223 e. The first-order valence-electron chi connectivity index (χ1n) is 6.98. The van der Waals surface area contributed by atoms with E-state index in [1.54, 1.807) is 6.20 Å². The molecule has 1 saturated heterocycles. The Morgan fingerprint density at radius 1 is 1.60 bits per heavy atom.